The van der Waals surface area contributed by atoms with Gasteiger partial charge in [-0.15, -0.1) is 0 Å². The van der Waals surface area contributed by atoms with Crippen molar-refractivity contribution in [1.82, 2.24) is 4.90 Å². The molecule has 2 rings (SSSR count). The van der Waals surface area contributed by atoms with Gasteiger partial charge in [-0.1, -0.05) is 18.6 Å². The average Bonchev–Trinajstić information content (AvgIpc) is 2.40. The Bertz CT molecular complexity index is 436. The summed E-state index contributed by atoms with van der Waals surface area (Å²) in [7, 11) is 0. The lowest BCUT2D eigenvalue weighted by Gasteiger charge is -2.28. The van der Waals surface area contributed by atoms with Crippen molar-refractivity contribution in [3.63, 3.8) is 0 Å². The lowest BCUT2D eigenvalue weighted by Crippen LogP contribution is -3.00. The zero-order valence-electron chi connectivity index (χ0n) is 11.6. The molecule has 1 aliphatic rings. The fourth-order valence-corrected chi connectivity index (χ4v) is 2.42. The van der Waals surface area contributed by atoms with E-state index in [1.165, 1.54) is 31.4 Å². The maximum absolute atomic E-state index is 13.4. The molecule has 3 nitrogen and oxygen atoms in total. The third-order valence-corrected chi connectivity index (χ3v) is 3.37. The number of benzene rings is 1. The maximum atomic E-state index is 13.4. The Morgan fingerprint density at radius 1 is 1.30 bits per heavy atom. The van der Waals surface area contributed by atoms with Crippen LogP contribution >= 0.6 is 0 Å². The predicted octanol–water partition coefficient (Wildman–Crippen LogP) is -0.139. The molecule has 1 aromatic carbocycles. The molecule has 0 aromatic heterocycles. The molecule has 1 unspecified atom stereocenters. The van der Waals surface area contributed by atoms with E-state index in [0.29, 0.717) is 0 Å². The highest BCUT2D eigenvalue weighted by Crippen LogP contribution is 2.12. The number of likely N-dealkylation sites (tertiary alicyclic amines) is 1. The molecule has 1 atom stereocenters. The van der Waals surface area contributed by atoms with Gasteiger partial charge < -0.3 is 17.1 Å². The lowest BCUT2D eigenvalue weighted by molar-refractivity contribution is -0.0000465. The second-order valence-corrected chi connectivity index (χ2v) is 5.06. The Morgan fingerprint density at radius 2 is 1.95 bits per heavy atom. The van der Waals surface area contributed by atoms with Crippen LogP contribution in [-0.4, -0.2) is 36.6 Å². The molecule has 0 saturated carbocycles. The van der Waals surface area contributed by atoms with Gasteiger partial charge in [0.2, 0.25) is 0 Å². The molecule has 1 heterocycles. The van der Waals surface area contributed by atoms with Crippen molar-refractivity contribution in [2.24, 2.45) is 0 Å². The zero-order valence-corrected chi connectivity index (χ0v) is 12.4. The van der Waals surface area contributed by atoms with Crippen LogP contribution in [0.15, 0.2) is 24.3 Å². The van der Waals surface area contributed by atoms with Crippen molar-refractivity contribution in [1.29, 1.82) is 0 Å². The van der Waals surface area contributed by atoms with E-state index in [0.717, 1.165) is 19.6 Å². The summed E-state index contributed by atoms with van der Waals surface area (Å²) in [6.07, 6.45) is 3.46. The van der Waals surface area contributed by atoms with Gasteiger partial charge in [0.15, 0.2) is 0 Å². The lowest BCUT2D eigenvalue weighted by atomic mass is 10.1. The smallest absolute Gasteiger partial charge is 0.341 e. The first-order valence-electron chi connectivity index (χ1n) is 6.84. The van der Waals surface area contributed by atoms with Gasteiger partial charge in [0.1, 0.15) is 11.9 Å². The number of nitrogens with zero attached hydrogens (tertiary/aromatic N) is 1. The summed E-state index contributed by atoms with van der Waals surface area (Å²) < 4.78 is 18.7. The number of carbonyl (C=O) groups is 1. The maximum Gasteiger partial charge on any atom is 0.341 e. The summed E-state index contributed by atoms with van der Waals surface area (Å²) >= 11 is 0. The van der Waals surface area contributed by atoms with Gasteiger partial charge in [-0.05, 0) is 45.0 Å². The molecule has 1 fully saturated rings. The second-order valence-electron chi connectivity index (χ2n) is 5.06. The van der Waals surface area contributed by atoms with Gasteiger partial charge in [-0.3, -0.25) is 4.90 Å². The Hall–Kier alpha value is -1.13. The molecule has 0 radical (unpaired) electrons. The SMILES string of the molecule is CC(CN1CCCCC1)OC(=O)c1ccccc1F.[Cl-]. The summed E-state index contributed by atoms with van der Waals surface area (Å²) in [4.78, 5) is 14.1. The van der Waals surface area contributed by atoms with E-state index in [2.05, 4.69) is 4.90 Å². The number of piperidine rings is 1. The summed E-state index contributed by atoms with van der Waals surface area (Å²) in [6.45, 7) is 4.69. The van der Waals surface area contributed by atoms with Crippen LogP contribution in [0.3, 0.4) is 0 Å². The highest BCUT2D eigenvalue weighted by molar-refractivity contribution is 5.89. The van der Waals surface area contributed by atoms with Crippen LogP contribution in [0.2, 0.25) is 0 Å². The normalized spacial score (nSPS) is 17.1. The first kappa shape index (κ1) is 16.9. The van der Waals surface area contributed by atoms with E-state index in [-0.39, 0.29) is 24.1 Å². The van der Waals surface area contributed by atoms with E-state index >= 15 is 0 Å². The molecule has 20 heavy (non-hydrogen) atoms. The summed E-state index contributed by atoms with van der Waals surface area (Å²) in [5.74, 6) is -1.11. The van der Waals surface area contributed by atoms with E-state index in [1.54, 1.807) is 12.1 Å². The molecule has 0 bridgehead atoms. The van der Waals surface area contributed by atoms with Crippen LogP contribution in [0.25, 0.3) is 0 Å². The number of carbonyl (C=O) groups excluding carboxylic acids is 1. The van der Waals surface area contributed by atoms with Crippen molar-refractivity contribution in [2.75, 3.05) is 19.6 Å². The number of esters is 1. The summed E-state index contributed by atoms with van der Waals surface area (Å²) in [5, 5.41) is 0. The second kappa shape index (κ2) is 8.22. The largest absolute Gasteiger partial charge is 1.00 e. The van der Waals surface area contributed by atoms with E-state index < -0.39 is 11.8 Å². The van der Waals surface area contributed by atoms with Crippen LogP contribution < -0.4 is 12.4 Å². The van der Waals surface area contributed by atoms with Crippen LogP contribution in [0.5, 0.6) is 0 Å². The molecule has 0 amide bonds. The molecule has 0 aliphatic carbocycles. The van der Waals surface area contributed by atoms with Gasteiger partial charge >= 0.3 is 5.97 Å². The first-order valence-corrected chi connectivity index (χ1v) is 6.84. The third kappa shape index (κ3) is 4.76. The van der Waals surface area contributed by atoms with Crippen molar-refractivity contribution >= 4 is 5.97 Å². The molecular formula is C15H20ClFNO2-. The quantitative estimate of drug-likeness (QED) is 0.725. The van der Waals surface area contributed by atoms with Gasteiger partial charge in [-0.25, -0.2) is 9.18 Å². The highest BCUT2D eigenvalue weighted by Gasteiger charge is 2.18. The minimum Gasteiger partial charge on any atom is -1.00 e. The van der Waals surface area contributed by atoms with E-state index in [4.69, 9.17) is 4.74 Å². The third-order valence-electron chi connectivity index (χ3n) is 3.37. The Labute approximate surface area is 125 Å². The molecular weight excluding hydrogens is 281 g/mol. The zero-order chi connectivity index (χ0) is 13.7. The molecule has 5 heteroatoms. The summed E-state index contributed by atoms with van der Waals surface area (Å²) in [5.41, 5.74) is 0.00740. The molecule has 1 aliphatic heterocycles. The van der Waals surface area contributed by atoms with Gasteiger partial charge in [0.25, 0.3) is 0 Å². The molecule has 1 aromatic rings. The number of rotatable bonds is 4. The Kier molecular flexibility index (Phi) is 6.96. The number of ether oxygens (including phenoxy) is 1. The van der Waals surface area contributed by atoms with Gasteiger partial charge in [0.05, 0.1) is 5.56 Å². The molecule has 0 N–H and O–H groups in total. The van der Waals surface area contributed by atoms with Crippen LogP contribution in [0.1, 0.15) is 36.5 Å². The van der Waals surface area contributed by atoms with Crippen molar-refractivity contribution < 1.29 is 26.3 Å². The van der Waals surface area contributed by atoms with Crippen LogP contribution in [-0.2, 0) is 4.74 Å². The van der Waals surface area contributed by atoms with Gasteiger partial charge in [-0.2, -0.15) is 0 Å². The monoisotopic (exact) mass is 300 g/mol. The Balaban J connectivity index is 0.00000200. The van der Waals surface area contributed by atoms with Crippen molar-refractivity contribution in [3.05, 3.63) is 35.6 Å². The topological polar surface area (TPSA) is 29.5 Å². The van der Waals surface area contributed by atoms with Crippen LogP contribution in [0, 0.1) is 5.82 Å². The standard InChI is InChI=1S/C15H20FNO2.ClH/c1-12(11-17-9-5-2-6-10-17)19-15(18)13-7-3-4-8-14(13)16;/h3-4,7-8,12H,2,5-6,9-11H2,1H3;1H/p-1. The number of hydrogen-bond acceptors (Lipinski definition) is 3. The van der Waals surface area contributed by atoms with E-state index in [1.807, 2.05) is 6.92 Å². The fourth-order valence-electron chi connectivity index (χ4n) is 2.42. The van der Waals surface area contributed by atoms with Crippen molar-refractivity contribution in [3.8, 4) is 0 Å². The Morgan fingerprint density at radius 3 is 2.60 bits per heavy atom. The molecule has 1 saturated heterocycles. The minimum absolute atomic E-state index is 0. The molecule has 0 spiro atoms. The molecule has 112 valence electrons. The van der Waals surface area contributed by atoms with Crippen molar-refractivity contribution in [2.45, 2.75) is 32.3 Å². The minimum atomic E-state index is -0.581. The number of hydrogen-bond donors (Lipinski definition) is 0. The van der Waals surface area contributed by atoms with Crippen LogP contribution in [0.4, 0.5) is 4.39 Å². The van der Waals surface area contributed by atoms with E-state index in [9.17, 15) is 9.18 Å². The van der Waals surface area contributed by atoms with Gasteiger partial charge in [0, 0.05) is 6.54 Å². The average molecular weight is 301 g/mol. The highest BCUT2D eigenvalue weighted by atomic mass is 35.5. The first-order chi connectivity index (χ1) is 9.16. The summed E-state index contributed by atoms with van der Waals surface area (Å²) in [6, 6.07) is 5.91. The fraction of sp³-hybridized carbons (Fsp3) is 0.533. The number of halogens is 2. The predicted molar refractivity (Wildman–Crippen MR) is 71.6 cm³/mol.